The Hall–Kier alpha value is -3.30. The number of carboxylic acids is 1. The zero-order valence-corrected chi connectivity index (χ0v) is 13.1. The van der Waals surface area contributed by atoms with Gasteiger partial charge in [0.05, 0.1) is 20.4 Å². The van der Waals surface area contributed by atoms with Crippen molar-refractivity contribution in [1.82, 2.24) is 20.3 Å². The third kappa shape index (κ3) is 4.60. The van der Waals surface area contributed by atoms with Crippen LogP contribution in [0.15, 0.2) is 24.4 Å². The van der Waals surface area contributed by atoms with E-state index in [0.29, 0.717) is 11.5 Å². The van der Waals surface area contributed by atoms with Crippen LogP contribution in [0, 0.1) is 0 Å². The zero-order chi connectivity index (χ0) is 17.5. The predicted octanol–water partition coefficient (Wildman–Crippen LogP) is 0.702. The number of benzene rings is 1. The molecule has 0 aliphatic carbocycles. The summed E-state index contributed by atoms with van der Waals surface area (Å²) in [4.78, 5) is 22.4. The summed E-state index contributed by atoms with van der Waals surface area (Å²) in [5.41, 5.74) is 0.817. The summed E-state index contributed by atoms with van der Waals surface area (Å²) < 4.78 is 11.4. The van der Waals surface area contributed by atoms with Crippen molar-refractivity contribution in [3.63, 3.8) is 0 Å². The summed E-state index contributed by atoms with van der Waals surface area (Å²) in [6.45, 7) is -0.0720. The molecular weight excluding hydrogens is 318 g/mol. The molecule has 2 rings (SSSR count). The molecule has 0 fully saturated rings. The smallest absolute Gasteiger partial charge is 0.325 e. The molecule has 1 heterocycles. The van der Waals surface area contributed by atoms with Crippen molar-refractivity contribution in [2.45, 2.75) is 13.1 Å². The molecule has 0 aliphatic heterocycles. The van der Waals surface area contributed by atoms with Crippen LogP contribution in [0.1, 0.15) is 5.56 Å². The van der Waals surface area contributed by atoms with Crippen molar-refractivity contribution in [2.24, 2.45) is 0 Å². The molecule has 0 atom stereocenters. The molecule has 0 bridgehead atoms. The number of carbonyl (C=O) groups is 2. The van der Waals surface area contributed by atoms with E-state index in [-0.39, 0.29) is 18.9 Å². The second kappa shape index (κ2) is 7.81. The number of carbonyl (C=O) groups excluding carboxylic acids is 1. The van der Waals surface area contributed by atoms with Gasteiger partial charge in [-0.3, -0.25) is 10.1 Å². The fraction of sp³-hybridized carbons (Fsp3) is 0.286. The highest BCUT2D eigenvalue weighted by molar-refractivity contribution is 5.87. The summed E-state index contributed by atoms with van der Waals surface area (Å²) in [5.74, 6) is 0.264. The van der Waals surface area contributed by atoms with Crippen molar-refractivity contribution >= 4 is 17.8 Å². The summed E-state index contributed by atoms with van der Waals surface area (Å²) in [7, 11) is 3.07. The van der Waals surface area contributed by atoms with E-state index in [1.807, 2.05) is 0 Å². The van der Waals surface area contributed by atoms with E-state index in [1.165, 1.54) is 13.3 Å². The minimum Gasteiger partial charge on any atom is -0.493 e. The van der Waals surface area contributed by atoms with Crippen LogP contribution in [-0.4, -0.2) is 46.3 Å². The van der Waals surface area contributed by atoms with Gasteiger partial charge in [0.1, 0.15) is 6.54 Å². The van der Waals surface area contributed by atoms with Gasteiger partial charge in [-0.05, 0) is 17.7 Å². The molecule has 0 aliphatic rings. The van der Waals surface area contributed by atoms with Gasteiger partial charge in [0.25, 0.3) is 0 Å². The lowest BCUT2D eigenvalue weighted by atomic mass is 10.2. The fourth-order valence-electron chi connectivity index (χ4n) is 1.90. The highest BCUT2D eigenvalue weighted by Crippen LogP contribution is 2.27. The molecule has 1 aromatic carbocycles. The summed E-state index contributed by atoms with van der Waals surface area (Å²) in [6, 6.07) is 4.80. The van der Waals surface area contributed by atoms with Gasteiger partial charge in [0.2, 0.25) is 0 Å². The average Bonchev–Trinajstić information content (AvgIpc) is 2.98. The quantitative estimate of drug-likeness (QED) is 0.679. The van der Waals surface area contributed by atoms with E-state index in [0.717, 1.165) is 10.2 Å². The first kappa shape index (κ1) is 17.1. The number of rotatable bonds is 7. The van der Waals surface area contributed by atoms with E-state index < -0.39 is 12.0 Å². The summed E-state index contributed by atoms with van der Waals surface area (Å²) in [5, 5.41) is 21.0. The van der Waals surface area contributed by atoms with Crippen molar-refractivity contribution in [3.8, 4) is 11.5 Å². The Morgan fingerprint density at radius 2 is 2.00 bits per heavy atom. The topological polar surface area (TPSA) is 128 Å². The standard InChI is InChI=1S/C14H17N5O5/c1-23-10-4-3-9(5-11(10)24-2)6-15-14(22)16-12-7-19(18-17-12)8-13(20)21/h3-5,7H,6,8H2,1-2H3,(H,20,21)(H2,15,16,22). The van der Waals surface area contributed by atoms with Gasteiger partial charge in [-0.2, -0.15) is 0 Å². The minimum atomic E-state index is -1.05. The van der Waals surface area contributed by atoms with E-state index in [2.05, 4.69) is 20.9 Å². The maximum atomic E-state index is 11.8. The van der Waals surface area contributed by atoms with Gasteiger partial charge in [0, 0.05) is 6.54 Å². The van der Waals surface area contributed by atoms with Crippen LogP contribution in [0.2, 0.25) is 0 Å². The molecule has 0 spiro atoms. The zero-order valence-electron chi connectivity index (χ0n) is 13.1. The molecule has 0 radical (unpaired) electrons. The van der Waals surface area contributed by atoms with Crippen LogP contribution in [-0.2, 0) is 17.9 Å². The van der Waals surface area contributed by atoms with Gasteiger partial charge in [-0.1, -0.05) is 11.3 Å². The number of methoxy groups -OCH3 is 2. The lowest BCUT2D eigenvalue weighted by Crippen LogP contribution is -2.28. The van der Waals surface area contributed by atoms with Gasteiger partial charge < -0.3 is 19.9 Å². The Balaban J connectivity index is 1.89. The number of aromatic nitrogens is 3. The average molecular weight is 335 g/mol. The Labute approximate surface area is 137 Å². The maximum absolute atomic E-state index is 11.8. The van der Waals surface area contributed by atoms with E-state index >= 15 is 0 Å². The van der Waals surface area contributed by atoms with E-state index in [4.69, 9.17) is 14.6 Å². The summed E-state index contributed by atoms with van der Waals surface area (Å²) >= 11 is 0. The largest absolute Gasteiger partial charge is 0.493 e. The lowest BCUT2D eigenvalue weighted by molar-refractivity contribution is -0.137. The molecule has 10 nitrogen and oxygen atoms in total. The first-order valence-electron chi connectivity index (χ1n) is 6.89. The molecule has 0 saturated carbocycles. The molecule has 2 aromatic rings. The van der Waals surface area contributed by atoms with Crippen LogP contribution in [0.4, 0.5) is 10.6 Å². The van der Waals surface area contributed by atoms with Crippen LogP contribution in [0.5, 0.6) is 11.5 Å². The van der Waals surface area contributed by atoms with Crippen LogP contribution >= 0.6 is 0 Å². The molecular formula is C14H17N5O5. The second-order valence-corrected chi connectivity index (χ2v) is 4.69. The fourth-order valence-corrected chi connectivity index (χ4v) is 1.90. The van der Waals surface area contributed by atoms with Gasteiger partial charge in [0.15, 0.2) is 17.3 Å². The molecule has 2 amide bonds. The van der Waals surface area contributed by atoms with Crippen LogP contribution < -0.4 is 20.1 Å². The third-order valence-corrected chi connectivity index (χ3v) is 2.98. The monoisotopic (exact) mass is 335 g/mol. The van der Waals surface area contributed by atoms with Crippen molar-refractivity contribution in [1.29, 1.82) is 0 Å². The number of aliphatic carboxylic acids is 1. The number of urea groups is 1. The molecule has 3 N–H and O–H groups in total. The number of hydrogen-bond donors (Lipinski definition) is 3. The maximum Gasteiger partial charge on any atom is 0.325 e. The predicted molar refractivity (Wildman–Crippen MR) is 83.1 cm³/mol. The molecule has 0 unspecified atom stereocenters. The second-order valence-electron chi connectivity index (χ2n) is 4.69. The highest BCUT2D eigenvalue weighted by atomic mass is 16.5. The Kier molecular flexibility index (Phi) is 5.55. The Morgan fingerprint density at radius 3 is 2.67 bits per heavy atom. The highest BCUT2D eigenvalue weighted by Gasteiger charge is 2.09. The molecule has 1 aromatic heterocycles. The van der Waals surface area contributed by atoms with E-state index in [9.17, 15) is 9.59 Å². The minimum absolute atomic E-state index is 0.154. The number of hydrogen-bond acceptors (Lipinski definition) is 6. The normalized spacial score (nSPS) is 10.1. The first-order valence-corrected chi connectivity index (χ1v) is 6.89. The van der Waals surface area contributed by atoms with E-state index in [1.54, 1.807) is 25.3 Å². The van der Waals surface area contributed by atoms with Crippen molar-refractivity contribution in [3.05, 3.63) is 30.0 Å². The van der Waals surface area contributed by atoms with Crippen molar-refractivity contribution < 1.29 is 24.2 Å². The molecule has 128 valence electrons. The third-order valence-electron chi connectivity index (χ3n) is 2.98. The number of nitrogens with zero attached hydrogens (tertiary/aromatic N) is 3. The number of carboxylic acid groups (broad SMARTS) is 1. The Bertz CT molecular complexity index is 730. The Morgan fingerprint density at radius 1 is 1.25 bits per heavy atom. The SMILES string of the molecule is COc1ccc(CNC(=O)Nc2cn(CC(=O)O)nn2)cc1OC. The summed E-state index contributed by atoms with van der Waals surface area (Å²) in [6.07, 6.45) is 1.32. The number of anilines is 1. The van der Waals surface area contributed by atoms with Gasteiger partial charge in [-0.25, -0.2) is 9.48 Å². The number of nitrogens with one attached hydrogen (secondary N) is 2. The first-order chi connectivity index (χ1) is 11.5. The number of amides is 2. The van der Waals surface area contributed by atoms with Crippen LogP contribution in [0.25, 0.3) is 0 Å². The number of ether oxygens (including phenoxy) is 2. The molecule has 24 heavy (non-hydrogen) atoms. The van der Waals surface area contributed by atoms with Crippen LogP contribution in [0.3, 0.4) is 0 Å². The van der Waals surface area contributed by atoms with Gasteiger partial charge >= 0.3 is 12.0 Å². The van der Waals surface area contributed by atoms with Gasteiger partial charge in [-0.15, -0.1) is 5.10 Å². The molecule has 10 heteroatoms. The molecule has 0 saturated heterocycles. The van der Waals surface area contributed by atoms with Crippen molar-refractivity contribution in [2.75, 3.05) is 19.5 Å². The lowest BCUT2D eigenvalue weighted by Gasteiger charge is -2.10.